The molecular formula is C32H32O8. The number of rotatable bonds is 12. The summed E-state index contributed by atoms with van der Waals surface area (Å²) in [5.41, 5.74) is 1.50. The molecule has 0 unspecified atom stereocenters. The Bertz CT molecular complexity index is 1570. The van der Waals surface area contributed by atoms with Gasteiger partial charge in [0.25, 0.3) is 0 Å². The van der Waals surface area contributed by atoms with Gasteiger partial charge in [-0.1, -0.05) is 43.7 Å². The maximum Gasteiger partial charge on any atom is 0.375 e. The van der Waals surface area contributed by atoms with Crippen molar-refractivity contribution < 1.29 is 33.3 Å². The van der Waals surface area contributed by atoms with Gasteiger partial charge in [0.1, 0.15) is 22.8 Å². The lowest BCUT2D eigenvalue weighted by molar-refractivity contribution is 0.0492. The van der Waals surface area contributed by atoms with Gasteiger partial charge in [0, 0.05) is 18.1 Å². The standard InChI is InChI=1S/C32H32O8/c1-4-10-24-26(16-15-23(20(3)33)29(24)34)39-18-9-17-38-22-13-14-25-27(19-22)40-31(32(36)37-5-2)28(30(25)35)21-11-7-6-8-12-21/h6-8,11-16,19,34H,4-5,9-10,17-18H2,1-3H3. The van der Waals surface area contributed by atoms with E-state index in [1.54, 1.807) is 61.5 Å². The number of phenolic OH excluding ortho intramolecular Hbond substituents is 1. The minimum atomic E-state index is -0.714. The second-order valence-electron chi connectivity index (χ2n) is 9.17. The summed E-state index contributed by atoms with van der Waals surface area (Å²) in [4.78, 5) is 37.9. The molecule has 4 rings (SSSR count). The summed E-state index contributed by atoms with van der Waals surface area (Å²) in [5.74, 6) is -0.0951. The van der Waals surface area contributed by atoms with Crippen LogP contribution in [-0.4, -0.2) is 36.7 Å². The van der Waals surface area contributed by atoms with E-state index >= 15 is 0 Å². The van der Waals surface area contributed by atoms with Crippen LogP contribution in [0.4, 0.5) is 0 Å². The van der Waals surface area contributed by atoms with Crippen LogP contribution in [0.3, 0.4) is 0 Å². The molecule has 208 valence electrons. The van der Waals surface area contributed by atoms with Crippen molar-refractivity contribution >= 4 is 22.7 Å². The lowest BCUT2D eigenvalue weighted by Gasteiger charge is -2.15. The summed E-state index contributed by atoms with van der Waals surface area (Å²) in [6.45, 7) is 5.86. The van der Waals surface area contributed by atoms with Gasteiger partial charge >= 0.3 is 5.97 Å². The zero-order chi connectivity index (χ0) is 28.6. The third-order valence-electron chi connectivity index (χ3n) is 6.32. The van der Waals surface area contributed by atoms with E-state index in [0.717, 1.165) is 6.42 Å². The Morgan fingerprint density at radius 1 is 0.950 bits per heavy atom. The number of carbonyl (C=O) groups excluding carboxylic acids is 2. The average Bonchev–Trinajstić information content (AvgIpc) is 2.94. The highest BCUT2D eigenvalue weighted by molar-refractivity contribution is 5.98. The van der Waals surface area contributed by atoms with Crippen LogP contribution >= 0.6 is 0 Å². The first kappa shape index (κ1) is 28.4. The Labute approximate surface area is 232 Å². The SMILES string of the molecule is CCCc1c(OCCCOc2ccc3c(=O)c(-c4ccccc4)c(C(=O)OCC)oc3c2)ccc(C(C)=O)c1O. The fourth-order valence-electron chi connectivity index (χ4n) is 4.43. The van der Waals surface area contributed by atoms with Gasteiger partial charge in [-0.15, -0.1) is 0 Å². The van der Waals surface area contributed by atoms with Crippen molar-refractivity contribution in [1.82, 2.24) is 0 Å². The number of hydrogen-bond donors (Lipinski definition) is 1. The molecule has 4 aromatic rings. The number of fused-ring (bicyclic) bond motifs is 1. The molecule has 0 saturated heterocycles. The third-order valence-corrected chi connectivity index (χ3v) is 6.32. The van der Waals surface area contributed by atoms with Crippen molar-refractivity contribution in [2.45, 2.75) is 40.0 Å². The van der Waals surface area contributed by atoms with Crippen LogP contribution in [0.15, 0.2) is 69.9 Å². The number of hydrogen-bond acceptors (Lipinski definition) is 8. The summed E-state index contributed by atoms with van der Waals surface area (Å²) in [6.07, 6.45) is 1.90. The van der Waals surface area contributed by atoms with Gasteiger partial charge in [-0.25, -0.2) is 4.79 Å². The first-order chi connectivity index (χ1) is 19.3. The van der Waals surface area contributed by atoms with Gasteiger partial charge in [-0.05, 0) is 50.1 Å². The summed E-state index contributed by atoms with van der Waals surface area (Å²) in [7, 11) is 0. The minimum absolute atomic E-state index is 0.0293. The maximum absolute atomic E-state index is 13.4. The number of Topliss-reactive ketones (excluding diaryl/α,β-unsaturated/α-hetero) is 1. The first-order valence-electron chi connectivity index (χ1n) is 13.3. The molecule has 0 amide bonds. The second kappa shape index (κ2) is 13.0. The second-order valence-corrected chi connectivity index (χ2v) is 9.17. The van der Waals surface area contributed by atoms with Gasteiger partial charge in [-0.2, -0.15) is 0 Å². The van der Waals surface area contributed by atoms with E-state index in [1.807, 2.05) is 13.0 Å². The smallest absolute Gasteiger partial charge is 0.375 e. The Balaban J connectivity index is 1.48. The molecule has 1 aromatic heterocycles. The molecule has 8 nitrogen and oxygen atoms in total. The quantitative estimate of drug-likeness (QED) is 0.125. The van der Waals surface area contributed by atoms with E-state index in [4.69, 9.17) is 18.6 Å². The van der Waals surface area contributed by atoms with Crippen molar-refractivity contribution in [2.24, 2.45) is 0 Å². The van der Waals surface area contributed by atoms with Gasteiger partial charge < -0.3 is 23.7 Å². The molecule has 0 radical (unpaired) electrons. The number of ether oxygens (including phenoxy) is 3. The molecule has 1 heterocycles. The van der Waals surface area contributed by atoms with E-state index in [9.17, 15) is 19.5 Å². The largest absolute Gasteiger partial charge is 0.507 e. The van der Waals surface area contributed by atoms with Gasteiger partial charge in [0.15, 0.2) is 5.78 Å². The van der Waals surface area contributed by atoms with Crippen LogP contribution in [0.1, 0.15) is 60.1 Å². The van der Waals surface area contributed by atoms with Crippen molar-refractivity contribution in [2.75, 3.05) is 19.8 Å². The van der Waals surface area contributed by atoms with Crippen LogP contribution in [0.5, 0.6) is 17.2 Å². The summed E-state index contributed by atoms with van der Waals surface area (Å²) in [6, 6.07) is 17.0. The van der Waals surface area contributed by atoms with Crippen LogP contribution in [0.25, 0.3) is 22.1 Å². The topological polar surface area (TPSA) is 112 Å². The van der Waals surface area contributed by atoms with Gasteiger partial charge in [-0.3, -0.25) is 9.59 Å². The Hall–Kier alpha value is -4.59. The fourth-order valence-corrected chi connectivity index (χ4v) is 4.43. The van der Waals surface area contributed by atoms with E-state index in [1.165, 1.54) is 6.92 Å². The predicted molar refractivity (Wildman–Crippen MR) is 152 cm³/mol. The average molecular weight is 545 g/mol. The molecule has 0 saturated carbocycles. The van der Waals surface area contributed by atoms with Crippen molar-refractivity contribution in [3.63, 3.8) is 0 Å². The Morgan fingerprint density at radius 2 is 1.70 bits per heavy atom. The number of carbonyl (C=O) groups is 2. The van der Waals surface area contributed by atoms with Crippen molar-refractivity contribution in [1.29, 1.82) is 0 Å². The van der Waals surface area contributed by atoms with Crippen LogP contribution in [-0.2, 0) is 11.2 Å². The molecule has 40 heavy (non-hydrogen) atoms. The monoisotopic (exact) mass is 544 g/mol. The molecular weight excluding hydrogens is 512 g/mol. The molecule has 0 aliphatic carbocycles. The number of aromatic hydroxyl groups is 1. The molecule has 0 aliphatic heterocycles. The summed E-state index contributed by atoms with van der Waals surface area (Å²) < 4.78 is 22.8. The Morgan fingerprint density at radius 3 is 2.40 bits per heavy atom. The highest BCUT2D eigenvalue weighted by Crippen LogP contribution is 2.33. The van der Waals surface area contributed by atoms with Crippen LogP contribution in [0.2, 0.25) is 0 Å². The van der Waals surface area contributed by atoms with Gasteiger partial charge in [0.2, 0.25) is 11.2 Å². The zero-order valence-corrected chi connectivity index (χ0v) is 22.8. The molecule has 1 N–H and O–H groups in total. The Kier molecular flexibility index (Phi) is 9.22. The minimum Gasteiger partial charge on any atom is -0.507 e. The highest BCUT2D eigenvalue weighted by atomic mass is 16.5. The molecule has 0 fully saturated rings. The lowest BCUT2D eigenvalue weighted by atomic mass is 10.0. The summed E-state index contributed by atoms with van der Waals surface area (Å²) >= 11 is 0. The number of ketones is 1. The zero-order valence-electron chi connectivity index (χ0n) is 22.8. The fraction of sp³-hybridized carbons (Fsp3) is 0.281. The molecule has 0 atom stereocenters. The highest BCUT2D eigenvalue weighted by Gasteiger charge is 2.23. The third kappa shape index (κ3) is 6.17. The number of benzene rings is 3. The lowest BCUT2D eigenvalue weighted by Crippen LogP contribution is -2.15. The molecule has 0 aliphatic rings. The summed E-state index contributed by atoms with van der Waals surface area (Å²) in [5, 5.41) is 10.8. The normalized spacial score (nSPS) is 10.9. The maximum atomic E-state index is 13.4. The van der Waals surface area contributed by atoms with E-state index in [-0.39, 0.29) is 46.0 Å². The molecule has 3 aromatic carbocycles. The van der Waals surface area contributed by atoms with E-state index < -0.39 is 5.97 Å². The van der Waals surface area contributed by atoms with Crippen molar-refractivity contribution in [3.8, 4) is 28.4 Å². The van der Waals surface area contributed by atoms with E-state index in [2.05, 4.69) is 0 Å². The number of phenols is 1. The first-order valence-corrected chi connectivity index (χ1v) is 13.3. The van der Waals surface area contributed by atoms with E-state index in [0.29, 0.717) is 54.1 Å². The van der Waals surface area contributed by atoms with Crippen LogP contribution < -0.4 is 14.9 Å². The van der Waals surface area contributed by atoms with Crippen molar-refractivity contribution in [3.05, 3.63) is 87.8 Å². The molecule has 0 bridgehead atoms. The van der Waals surface area contributed by atoms with Gasteiger partial charge in [0.05, 0.1) is 36.3 Å². The molecule has 0 spiro atoms. The van der Waals surface area contributed by atoms with Crippen LogP contribution in [0, 0.1) is 0 Å². The molecule has 8 heteroatoms. The number of esters is 1. The predicted octanol–water partition coefficient (Wildman–Crippen LogP) is 6.35.